The summed E-state index contributed by atoms with van der Waals surface area (Å²) in [6.07, 6.45) is 4.11. The van der Waals surface area contributed by atoms with Gasteiger partial charge in [-0.15, -0.1) is 0 Å². The fourth-order valence-electron chi connectivity index (χ4n) is 3.99. The van der Waals surface area contributed by atoms with Crippen molar-refractivity contribution in [1.29, 1.82) is 0 Å². The summed E-state index contributed by atoms with van der Waals surface area (Å²) in [7, 11) is 3.72. The zero-order valence-electron chi connectivity index (χ0n) is 18.3. The molecule has 1 aliphatic heterocycles. The number of nitrogens with zero attached hydrogens (tertiary/aromatic N) is 4. The van der Waals surface area contributed by atoms with Crippen molar-refractivity contribution in [3.63, 3.8) is 0 Å². The first-order chi connectivity index (χ1) is 15.7. The monoisotopic (exact) mass is 430 g/mol. The Morgan fingerprint density at radius 1 is 0.969 bits per heavy atom. The molecule has 5 rings (SSSR count). The molecule has 3 heterocycles. The van der Waals surface area contributed by atoms with Crippen LogP contribution in [0.25, 0.3) is 21.8 Å². The van der Waals surface area contributed by atoms with E-state index >= 15 is 0 Å². The highest BCUT2D eigenvalue weighted by molar-refractivity contribution is 5.86. The molecule has 2 aromatic heterocycles. The minimum absolute atomic E-state index is 0.252. The van der Waals surface area contributed by atoms with E-state index in [2.05, 4.69) is 26.9 Å². The SMILES string of the molecule is COc1nc(Oc2ccc3ncccc3c2)c2ccc(OCC3CCN(C)CC3)cc2n1. The Balaban J connectivity index is 1.39. The van der Waals surface area contributed by atoms with E-state index in [0.717, 1.165) is 47.3 Å². The molecule has 0 atom stereocenters. The number of rotatable bonds is 6. The van der Waals surface area contributed by atoms with Crippen LogP contribution in [0.5, 0.6) is 23.4 Å². The van der Waals surface area contributed by atoms with Crippen molar-refractivity contribution < 1.29 is 14.2 Å². The van der Waals surface area contributed by atoms with Crippen molar-refractivity contribution >= 4 is 21.8 Å². The summed E-state index contributed by atoms with van der Waals surface area (Å²) >= 11 is 0. The van der Waals surface area contributed by atoms with Gasteiger partial charge in [-0.05, 0) is 75.3 Å². The Hall–Kier alpha value is -3.45. The van der Waals surface area contributed by atoms with E-state index in [1.807, 2.05) is 48.5 Å². The van der Waals surface area contributed by atoms with Crippen LogP contribution in [0.15, 0.2) is 54.7 Å². The molecular formula is C25H26N4O3. The first-order valence-corrected chi connectivity index (χ1v) is 10.9. The molecule has 7 nitrogen and oxygen atoms in total. The minimum atomic E-state index is 0.252. The highest BCUT2D eigenvalue weighted by Gasteiger charge is 2.18. The summed E-state index contributed by atoms with van der Waals surface area (Å²) in [6, 6.07) is 15.7. The van der Waals surface area contributed by atoms with Gasteiger partial charge < -0.3 is 19.1 Å². The molecule has 32 heavy (non-hydrogen) atoms. The average Bonchev–Trinajstić information content (AvgIpc) is 2.83. The molecule has 0 saturated carbocycles. The van der Waals surface area contributed by atoms with Crippen LogP contribution >= 0.6 is 0 Å². The van der Waals surface area contributed by atoms with Gasteiger partial charge in [0.25, 0.3) is 0 Å². The maximum atomic E-state index is 6.14. The Bertz CT molecular complexity index is 1240. The quantitative estimate of drug-likeness (QED) is 0.439. The fourth-order valence-corrected chi connectivity index (χ4v) is 3.99. The fraction of sp³-hybridized carbons (Fsp3) is 0.320. The highest BCUT2D eigenvalue weighted by atomic mass is 16.5. The van der Waals surface area contributed by atoms with Crippen molar-refractivity contribution in [2.45, 2.75) is 12.8 Å². The second-order valence-corrected chi connectivity index (χ2v) is 8.21. The zero-order valence-corrected chi connectivity index (χ0v) is 18.3. The maximum Gasteiger partial charge on any atom is 0.320 e. The van der Waals surface area contributed by atoms with Gasteiger partial charge >= 0.3 is 6.01 Å². The van der Waals surface area contributed by atoms with Crippen molar-refractivity contribution in [2.75, 3.05) is 33.9 Å². The number of fused-ring (bicyclic) bond motifs is 2. The van der Waals surface area contributed by atoms with Crippen LogP contribution in [-0.4, -0.2) is 53.7 Å². The molecule has 1 aliphatic rings. The summed E-state index contributed by atoms with van der Waals surface area (Å²) < 4.78 is 17.6. The normalized spacial score (nSPS) is 15.2. The Labute approximate surface area is 187 Å². The average molecular weight is 431 g/mol. The van der Waals surface area contributed by atoms with E-state index < -0.39 is 0 Å². The minimum Gasteiger partial charge on any atom is -0.493 e. The van der Waals surface area contributed by atoms with Crippen LogP contribution in [-0.2, 0) is 0 Å². The van der Waals surface area contributed by atoms with Gasteiger partial charge in [0, 0.05) is 17.6 Å². The number of aromatic nitrogens is 3. The number of methoxy groups -OCH3 is 1. The zero-order chi connectivity index (χ0) is 21.9. The van der Waals surface area contributed by atoms with Crippen LogP contribution in [0.2, 0.25) is 0 Å². The third-order valence-corrected chi connectivity index (χ3v) is 5.91. The molecule has 2 aromatic carbocycles. The van der Waals surface area contributed by atoms with Gasteiger partial charge in [-0.3, -0.25) is 4.98 Å². The standard InChI is InChI=1S/C25H26N4O3/c1-29-12-9-17(10-13-29)16-31-19-5-7-21-23(15-19)27-25(30-2)28-24(21)32-20-6-8-22-18(14-20)4-3-11-26-22/h3-8,11,14-15,17H,9-10,12-13,16H2,1-2H3. The second kappa shape index (κ2) is 8.96. The van der Waals surface area contributed by atoms with Crippen LogP contribution in [0, 0.1) is 5.92 Å². The van der Waals surface area contributed by atoms with E-state index in [0.29, 0.717) is 17.5 Å². The molecule has 0 N–H and O–H groups in total. The number of benzene rings is 2. The molecule has 0 unspecified atom stereocenters. The number of hydrogen-bond acceptors (Lipinski definition) is 7. The molecule has 1 saturated heterocycles. The van der Waals surface area contributed by atoms with Gasteiger partial charge in [0.1, 0.15) is 11.5 Å². The summed E-state index contributed by atoms with van der Waals surface area (Å²) in [5, 5.41) is 1.80. The van der Waals surface area contributed by atoms with Crippen LogP contribution in [0.3, 0.4) is 0 Å². The van der Waals surface area contributed by atoms with Gasteiger partial charge in [0.15, 0.2) is 0 Å². The lowest BCUT2D eigenvalue weighted by atomic mass is 9.98. The van der Waals surface area contributed by atoms with Crippen molar-refractivity contribution in [3.8, 4) is 23.4 Å². The molecule has 1 fully saturated rings. The third-order valence-electron chi connectivity index (χ3n) is 5.91. The lowest BCUT2D eigenvalue weighted by molar-refractivity contribution is 0.160. The summed E-state index contributed by atoms with van der Waals surface area (Å²) in [4.78, 5) is 15.7. The first kappa shape index (κ1) is 20.5. The number of ether oxygens (including phenoxy) is 3. The van der Waals surface area contributed by atoms with Crippen molar-refractivity contribution in [3.05, 3.63) is 54.7 Å². The Morgan fingerprint density at radius 2 is 1.81 bits per heavy atom. The molecule has 7 heteroatoms. The molecule has 0 amide bonds. The van der Waals surface area contributed by atoms with Crippen LogP contribution in [0.1, 0.15) is 12.8 Å². The smallest absolute Gasteiger partial charge is 0.320 e. The molecule has 0 spiro atoms. The molecular weight excluding hydrogens is 404 g/mol. The van der Waals surface area contributed by atoms with Crippen molar-refractivity contribution in [1.82, 2.24) is 19.9 Å². The Morgan fingerprint density at radius 3 is 2.66 bits per heavy atom. The maximum absolute atomic E-state index is 6.14. The first-order valence-electron chi connectivity index (χ1n) is 10.9. The number of likely N-dealkylation sites (tertiary alicyclic amines) is 1. The van der Waals surface area contributed by atoms with Gasteiger partial charge in [0.2, 0.25) is 5.88 Å². The Kier molecular flexibility index (Phi) is 5.73. The van der Waals surface area contributed by atoms with Crippen LogP contribution < -0.4 is 14.2 Å². The van der Waals surface area contributed by atoms with Crippen molar-refractivity contribution in [2.24, 2.45) is 5.92 Å². The largest absolute Gasteiger partial charge is 0.493 e. The number of pyridine rings is 1. The second-order valence-electron chi connectivity index (χ2n) is 8.21. The lowest BCUT2D eigenvalue weighted by Crippen LogP contribution is -2.32. The molecule has 164 valence electrons. The highest BCUT2D eigenvalue weighted by Crippen LogP contribution is 2.32. The topological polar surface area (TPSA) is 69.6 Å². The van der Waals surface area contributed by atoms with Gasteiger partial charge in [0.05, 0.1) is 30.1 Å². The number of hydrogen-bond donors (Lipinski definition) is 0. The van der Waals surface area contributed by atoms with Gasteiger partial charge in [-0.25, -0.2) is 0 Å². The number of piperidine rings is 1. The van der Waals surface area contributed by atoms with E-state index in [-0.39, 0.29) is 6.01 Å². The van der Waals surface area contributed by atoms with Crippen LogP contribution in [0.4, 0.5) is 0 Å². The van der Waals surface area contributed by atoms with Gasteiger partial charge in [-0.1, -0.05) is 6.07 Å². The predicted molar refractivity (Wildman–Crippen MR) is 124 cm³/mol. The summed E-state index contributed by atoms with van der Waals surface area (Å²) in [5.74, 6) is 2.50. The molecule has 0 aliphatic carbocycles. The molecule has 4 aromatic rings. The van der Waals surface area contributed by atoms with Gasteiger partial charge in [-0.2, -0.15) is 9.97 Å². The van der Waals surface area contributed by atoms with E-state index in [9.17, 15) is 0 Å². The summed E-state index contributed by atoms with van der Waals surface area (Å²) in [5.41, 5.74) is 1.63. The molecule has 0 bridgehead atoms. The molecule has 0 radical (unpaired) electrons. The van der Waals surface area contributed by atoms with E-state index in [1.165, 1.54) is 12.8 Å². The third kappa shape index (κ3) is 4.43. The van der Waals surface area contributed by atoms with E-state index in [1.54, 1.807) is 13.3 Å². The predicted octanol–water partition coefficient (Wildman–Crippen LogP) is 4.70. The lowest BCUT2D eigenvalue weighted by Gasteiger charge is -2.28. The van der Waals surface area contributed by atoms with E-state index in [4.69, 9.17) is 14.2 Å². The summed E-state index contributed by atoms with van der Waals surface area (Å²) in [6.45, 7) is 2.97.